The zero-order valence-corrected chi connectivity index (χ0v) is 11.9. The maximum absolute atomic E-state index is 11.8. The largest absolute Gasteiger partial charge is 0.347 e. The van der Waals surface area contributed by atoms with Crippen molar-refractivity contribution in [3.8, 4) is 0 Å². The average Bonchev–Trinajstić information content (AvgIpc) is 2.54. The molecule has 0 aliphatic carbocycles. The summed E-state index contributed by atoms with van der Waals surface area (Å²) >= 11 is 0. The molecule has 0 unspecified atom stereocenters. The summed E-state index contributed by atoms with van der Waals surface area (Å²) in [5.74, 6) is -0.267. The summed E-state index contributed by atoms with van der Waals surface area (Å²) in [6.07, 6.45) is 1.44. The van der Waals surface area contributed by atoms with Crippen molar-refractivity contribution in [1.82, 2.24) is 10.2 Å². The predicted octanol–water partition coefficient (Wildman–Crippen LogP) is -0.0614. The smallest absolute Gasteiger partial charge is 0.242 e. The van der Waals surface area contributed by atoms with Crippen molar-refractivity contribution < 1.29 is 18.0 Å². The van der Waals surface area contributed by atoms with E-state index >= 15 is 0 Å². The van der Waals surface area contributed by atoms with E-state index in [-0.39, 0.29) is 29.7 Å². The van der Waals surface area contributed by atoms with Crippen LogP contribution in [0.3, 0.4) is 0 Å². The fourth-order valence-corrected chi connectivity index (χ4v) is 2.60. The van der Waals surface area contributed by atoms with Gasteiger partial charge in [0, 0.05) is 25.8 Å². The molecule has 108 valence electrons. The van der Waals surface area contributed by atoms with Gasteiger partial charge in [0.25, 0.3) is 0 Å². The third kappa shape index (κ3) is 3.57. The maximum atomic E-state index is 11.8. The first-order valence-electron chi connectivity index (χ1n) is 6.20. The van der Waals surface area contributed by atoms with Crippen LogP contribution in [0.4, 0.5) is 0 Å². The van der Waals surface area contributed by atoms with Crippen LogP contribution >= 0.6 is 0 Å². The van der Waals surface area contributed by atoms with Crippen LogP contribution < -0.4 is 5.32 Å². The Morgan fingerprint density at radius 2 is 1.85 bits per heavy atom. The number of hydrogen-bond acceptors (Lipinski definition) is 4. The number of carbonyl (C=O) groups excluding carboxylic acids is 2. The Bertz CT molecular complexity index is 622. The molecule has 1 aliphatic heterocycles. The number of carbonyl (C=O) groups is 2. The second-order valence-electron chi connectivity index (χ2n) is 4.76. The highest BCUT2D eigenvalue weighted by atomic mass is 32.2. The Balaban J connectivity index is 2.09. The van der Waals surface area contributed by atoms with E-state index in [2.05, 4.69) is 5.32 Å². The maximum Gasteiger partial charge on any atom is 0.242 e. The van der Waals surface area contributed by atoms with E-state index in [0.717, 1.165) is 11.8 Å². The molecular formula is C13H16N2O4S. The van der Waals surface area contributed by atoms with Crippen LogP contribution in [-0.4, -0.2) is 44.5 Å². The van der Waals surface area contributed by atoms with Crippen molar-refractivity contribution in [3.63, 3.8) is 0 Å². The molecule has 1 saturated heterocycles. The topological polar surface area (TPSA) is 83.6 Å². The Morgan fingerprint density at radius 1 is 1.20 bits per heavy atom. The van der Waals surface area contributed by atoms with Crippen LogP contribution in [-0.2, 0) is 26.0 Å². The van der Waals surface area contributed by atoms with Gasteiger partial charge in [-0.3, -0.25) is 9.59 Å². The van der Waals surface area contributed by atoms with E-state index in [0.29, 0.717) is 13.1 Å². The summed E-state index contributed by atoms with van der Waals surface area (Å²) < 4.78 is 22.7. The quantitative estimate of drug-likeness (QED) is 0.847. The molecule has 20 heavy (non-hydrogen) atoms. The van der Waals surface area contributed by atoms with Crippen molar-refractivity contribution in [2.24, 2.45) is 0 Å². The van der Waals surface area contributed by atoms with Crippen LogP contribution in [0.5, 0.6) is 0 Å². The molecule has 1 aromatic rings. The molecule has 0 saturated carbocycles. The Hall–Kier alpha value is -1.89. The Morgan fingerprint density at radius 3 is 2.45 bits per heavy atom. The van der Waals surface area contributed by atoms with Gasteiger partial charge in [-0.2, -0.15) is 0 Å². The van der Waals surface area contributed by atoms with Crippen LogP contribution in [0.2, 0.25) is 0 Å². The van der Waals surface area contributed by atoms with Gasteiger partial charge >= 0.3 is 0 Å². The predicted molar refractivity (Wildman–Crippen MR) is 72.6 cm³/mol. The molecule has 1 heterocycles. The molecule has 1 fully saturated rings. The highest BCUT2D eigenvalue weighted by molar-refractivity contribution is 7.90. The van der Waals surface area contributed by atoms with Crippen molar-refractivity contribution >= 4 is 21.7 Å². The zero-order valence-electron chi connectivity index (χ0n) is 11.1. The van der Waals surface area contributed by atoms with E-state index < -0.39 is 9.84 Å². The lowest BCUT2D eigenvalue weighted by Gasteiger charge is -2.19. The zero-order chi connectivity index (χ0) is 14.8. The van der Waals surface area contributed by atoms with Gasteiger partial charge in [0.15, 0.2) is 9.84 Å². The first-order valence-corrected chi connectivity index (χ1v) is 8.09. The van der Waals surface area contributed by atoms with Crippen molar-refractivity contribution in [2.45, 2.75) is 17.9 Å². The minimum Gasteiger partial charge on any atom is -0.347 e. The molecule has 2 rings (SSSR count). The lowest BCUT2D eigenvalue weighted by atomic mass is 10.2. The molecular weight excluding hydrogens is 280 g/mol. The SMILES string of the molecule is CS(=O)(=O)c1ccc(CN2CCC(=O)NCC2=O)cc1. The van der Waals surface area contributed by atoms with Gasteiger partial charge in [0.05, 0.1) is 11.4 Å². The number of sulfone groups is 1. The highest BCUT2D eigenvalue weighted by Crippen LogP contribution is 2.13. The fourth-order valence-electron chi connectivity index (χ4n) is 1.97. The van der Waals surface area contributed by atoms with E-state index in [9.17, 15) is 18.0 Å². The van der Waals surface area contributed by atoms with E-state index in [1.807, 2.05) is 0 Å². The molecule has 0 radical (unpaired) electrons. The van der Waals surface area contributed by atoms with Gasteiger partial charge in [-0.15, -0.1) is 0 Å². The van der Waals surface area contributed by atoms with E-state index in [1.54, 1.807) is 17.0 Å². The van der Waals surface area contributed by atoms with Gasteiger partial charge in [-0.25, -0.2) is 8.42 Å². The number of nitrogens with one attached hydrogen (secondary N) is 1. The van der Waals surface area contributed by atoms with Crippen LogP contribution in [0.1, 0.15) is 12.0 Å². The van der Waals surface area contributed by atoms with Gasteiger partial charge in [0.1, 0.15) is 0 Å². The van der Waals surface area contributed by atoms with Crippen LogP contribution in [0, 0.1) is 0 Å². The number of amides is 2. The van der Waals surface area contributed by atoms with E-state index in [1.165, 1.54) is 12.1 Å². The summed E-state index contributed by atoms with van der Waals surface area (Å²) in [5, 5.41) is 2.53. The molecule has 2 amide bonds. The first kappa shape index (κ1) is 14.5. The van der Waals surface area contributed by atoms with Crippen molar-refractivity contribution in [3.05, 3.63) is 29.8 Å². The minimum atomic E-state index is -3.21. The summed E-state index contributed by atoms with van der Waals surface area (Å²) in [4.78, 5) is 24.9. The molecule has 0 atom stereocenters. The monoisotopic (exact) mass is 296 g/mol. The molecule has 1 aliphatic rings. The van der Waals surface area contributed by atoms with Crippen LogP contribution in [0.15, 0.2) is 29.2 Å². The van der Waals surface area contributed by atoms with Crippen LogP contribution in [0.25, 0.3) is 0 Å². The molecule has 0 spiro atoms. The van der Waals surface area contributed by atoms with Gasteiger partial charge in [-0.1, -0.05) is 12.1 Å². The molecule has 0 aromatic heterocycles. The van der Waals surface area contributed by atoms with Crippen molar-refractivity contribution in [1.29, 1.82) is 0 Å². The number of rotatable bonds is 3. The highest BCUT2D eigenvalue weighted by Gasteiger charge is 2.20. The van der Waals surface area contributed by atoms with E-state index in [4.69, 9.17) is 0 Å². The molecule has 1 aromatic carbocycles. The number of nitrogens with zero attached hydrogens (tertiary/aromatic N) is 1. The molecule has 6 nitrogen and oxygen atoms in total. The summed E-state index contributed by atoms with van der Waals surface area (Å²) in [5.41, 5.74) is 0.833. The first-order chi connectivity index (χ1) is 9.36. The Labute approximate surface area is 117 Å². The lowest BCUT2D eigenvalue weighted by Crippen LogP contribution is -2.34. The van der Waals surface area contributed by atoms with Gasteiger partial charge in [-0.05, 0) is 17.7 Å². The lowest BCUT2D eigenvalue weighted by molar-refractivity contribution is -0.130. The third-order valence-corrected chi connectivity index (χ3v) is 4.25. The summed E-state index contributed by atoms with van der Waals surface area (Å²) in [6.45, 7) is 0.761. The minimum absolute atomic E-state index is 0.0141. The molecule has 7 heteroatoms. The fraction of sp³-hybridized carbons (Fsp3) is 0.385. The number of benzene rings is 1. The van der Waals surface area contributed by atoms with Gasteiger partial charge < -0.3 is 10.2 Å². The van der Waals surface area contributed by atoms with Gasteiger partial charge in [0.2, 0.25) is 11.8 Å². The molecule has 0 bridgehead atoms. The summed E-state index contributed by atoms with van der Waals surface area (Å²) in [7, 11) is -3.21. The number of hydrogen-bond donors (Lipinski definition) is 1. The normalized spacial score (nSPS) is 16.8. The van der Waals surface area contributed by atoms with Crippen molar-refractivity contribution in [2.75, 3.05) is 19.3 Å². The average molecular weight is 296 g/mol. The second-order valence-corrected chi connectivity index (χ2v) is 6.77. The standard InChI is InChI=1S/C13H16N2O4S/c1-20(18,19)11-4-2-10(3-5-11)9-15-7-6-12(16)14-8-13(15)17/h2-5H,6-9H2,1H3,(H,14,16). The molecule has 1 N–H and O–H groups in total. The third-order valence-electron chi connectivity index (χ3n) is 3.12. The second kappa shape index (κ2) is 5.62. The Kier molecular flexibility index (Phi) is 4.08. The summed E-state index contributed by atoms with van der Waals surface area (Å²) in [6, 6.07) is 6.42.